The monoisotopic (exact) mass is 154 g/mol. The number of hydrogen-bond acceptors (Lipinski definition) is 3. The van der Waals surface area contributed by atoms with Gasteiger partial charge >= 0.3 is 0 Å². The fourth-order valence-corrected chi connectivity index (χ4v) is 0.618. The van der Waals surface area contributed by atoms with Crippen LogP contribution in [0.15, 0.2) is 12.4 Å². The van der Waals surface area contributed by atoms with E-state index in [-0.39, 0.29) is 7.43 Å². The average molecular weight is 154 g/mol. The Morgan fingerprint density at radius 3 is 2.18 bits per heavy atom. The van der Waals surface area contributed by atoms with Gasteiger partial charge < -0.3 is 5.11 Å². The lowest BCUT2D eigenvalue weighted by molar-refractivity contribution is 0.198. The van der Waals surface area contributed by atoms with Crippen LogP contribution in [0.4, 0.5) is 0 Å². The standard InChI is InChI=1S/C7H10N2O.CH4/c1-5(10)7-3-8-6(2)9-4-7;/h3-5,10H,1-2H3;1H4. The van der Waals surface area contributed by atoms with Crippen LogP contribution in [0, 0.1) is 6.92 Å². The molecule has 1 N–H and O–H groups in total. The quantitative estimate of drug-likeness (QED) is 0.666. The van der Waals surface area contributed by atoms with E-state index in [4.69, 9.17) is 5.11 Å². The third kappa shape index (κ3) is 2.63. The molecule has 0 bridgehead atoms. The minimum Gasteiger partial charge on any atom is -0.389 e. The number of rotatable bonds is 1. The Kier molecular flexibility index (Phi) is 3.68. The third-order valence-corrected chi connectivity index (χ3v) is 1.28. The Hall–Kier alpha value is -0.960. The van der Waals surface area contributed by atoms with E-state index >= 15 is 0 Å². The van der Waals surface area contributed by atoms with Crippen LogP contribution in [-0.2, 0) is 0 Å². The number of aryl methyl sites for hydroxylation is 1. The van der Waals surface area contributed by atoms with Crippen LogP contribution in [0.25, 0.3) is 0 Å². The first-order valence-corrected chi connectivity index (χ1v) is 3.17. The highest BCUT2D eigenvalue weighted by Crippen LogP contribution is 2.07. The number of hydrogen-bond donors (Lipinski definition) is 1. The molecule has 1 aromatic rings. The molecule has 0 saturated heterocycles. The minimum absolute atomic E-state index is 0. The van der Waals surface area contributed by atoms with Crippen LogP contribution in [0.3, 0.4) is 0 Å². The Bertz CT molecular complexity index is 206. The van der Waals surface area contributed by atoms with Crippen molar-refractivity contribution in [3.63, 3.8) is 0 Å². The van der Waals surface area contributed by atoms with Gasteiger partial charge in [-0.1, -0.05) is 7.43 Å². The zero-order chi connectivity index (χ0) is 7.56. The van der Waals surface area contributed by atoms with Crippen LogP contribution < -0.4 is 0 Å². The fraction of sp³-hybridized carbons (Fsp3) is 0.500. The predicted octanol–water partition coefficient (Wildman–Crippen LogP) is 1.47. The van der Waals surface area contributed by atoms with Crippen molar-refractivity contribution in [3.8, 4) is 0 Å². The van der Waals surface area contributed by atoms with Crippen LogP contribution in [0.2, 0.25) is 0 Å². The van der Waals surface area contributed by atoms with Crippen molar-refractivity contribution < 1.29 is 5.11 Å². The average Bonchev–Trinajstić information content (AvgIpc) is 1.88. The number of aliphatic hydroxyl groups excluding tert-OH is 1. The summed E-state index contributed by atoms with van der Waals surface area (Å²) in [5.74, 6) is 0.726. The first kappa shape index (κ1) is 10.0. The summed E-state index contributed by atoms with van der Waals surface area (Å²) in [6.07, 6.45) is 2.79. The highest BCUT2D eigenvalue weighted by Gasteiger charge is 1.99. The molecule has 11 heavy (non-hydrogen) atoms. The van der Waals surface area contributed by atoms with Crippen molar-refractivity contribution in [3.05, 3.63) is 23.8 Å². The zero-order valence-electron chi connectivity index (χ0n) is 6.07. The van der Waals surface area contributed by atoms with Crippen molar-refractivity contribution in [2.75, 3.05) is 0 Å². The maximum atomic E-state index is 9.03. The maximum absolute atomic E-state index is 9.03. The smallest absolute Gasteiger partial charge is 0.125 e. The number of aromatic nitrogens is 2. The molecular formula is C8H14N2O. The summed E-state index contributed by atoms with van der Waals surface area (Å²) >= 11 is 0. The molecule has 1 atom stereocenters. The topological polar surface area (TPSA) is 46.0 Å². The summed E-state index contributed by atoms with van der Waals surface area (Å²) in [7, 11) is 0. The van der Waals surface area contributed by atoms with Gasteiger partial charge in [0.1, 0.15) is 5.82 Å². The van der Waals surface area contributed by atoms with Crippen LogP contribution in [-0.4, -0.2) is 15.1 Å². The second-order valence-electron chi connectivity index (χ2n) is 2.24. The molecular weight excluding hydrogens is 140 g/mol. The summed E-state index contributed by atoms with van der Waals surface area (Å²) in [6, 6.07) is 0. The van der Waals surface area contributed by atoms with Gasteiger partial charge in [0, 0.05) is 18.0 Å². The maximum Gasteiger partial charge on any atom is 0.125 e. The van der Waals surface area contributed by atoms with Gasteiger partial charge in [-0.2, -0.15) is 0 Å². The molecule has 0 amide bonds. The van der Waals surface area contributed by atoms with Gasteiger partial charge in [0.05, 0.1) is 6.10 Å². The van der Waals surface area contributed by atoms with Crippen LogP contribution >= 0.6 is 0 Å². The molecule has 1 aromatic heterocycles. The Morgan fingerprint density at radius 1 is 1.36 bits per heavy atom. The van der Waals surface area contributed by atoms with E-state index in [2.05, 4.69) is 9.97 Å². The minimum atomic E-state index is -0.472. The Morgan fingerprint density at radius 2 is 1.82 bits per heavy atom. The van der Waals surface area contributed by atoms with E-state index in [0.29, 0.717) is 0 Å². The molecule has 1 unspecified atom stereocenters. The lowest BCUT2D eigenvalue weighted by Crippen LogP contribution is -1.94. The Labute approximate surface area is 67.1 Å². The molecule has 3 nitrogen and oxygen atoms in total. The normalized spacial score (nSPS) is 11.9. The molecule has 0 aromatic carbocycles. The largest absolute Gasteiger partial charge is 0.389 e. The number of nitrogens with zero attached hydrogens (tertiary/aromatic N) is 2. The first-order valence-electron chi connectivity index (χ1n) is 3.17. The summed E-state index contributed by atoms with van der Waals surface area (Å²) in [6.45, 7) is 3.50. The van der Waals surface area contributed by atoms with Crippen LogP contribution in [0.5, 0.6) is 0 Å². The van der Waals surface area contributed by atoms with E-state index in [9.17, 15) is 0 Å². The molecule has 0 saturated carbocycles. The highest BCUT2D eigenvalue weighted by molar-refractivity contribution is 5.06. The Balaban J connectivity index is 0.000001000. The van der Waals surface area contributed by atoms with E-state index in [1.807, 2.05) is 6.92 Å². The summed E-state index contributed by atoms with van der Waals surface area (Å²) < 4.78 is 0. The number of aliphatic hydroxyl groups is 1. The molecule has 0 aliphatic rings. The second-order valence-corrected chi connectivity index (χ2v) is 2.24. The summed E-state index contributed by atoms with van der Waals surface area (Å²) in [4.78, 5) is 7.86. The van der Waals surface area contributed by atoms with Crippen LogP contribution in [0.1, 0.15) is 31.8 Å². The van der Waals surface area contributed by atoms with Crippen molar-refractivity contribution in [2.45, 2.75) is 27.4 Å². The predicted molar refractivity (Wildman–Crippen MR) is 44.1 cm³/mol. The van der Waals surface area contributed by atoms with Crippen molar-refractivity contribution in [1.82, 2.24) is 9.97 Å². The summed E-state index contributed by atoms with van der Waals surface area (Å²) in [5, 5.41) is 9.03. The van der Waals surface area contributed by atoms with Gasteiger partial charge in [-0.05, 0) is 13.8 Å². The van der Waals surface area contributed by atoms with Gasteiger partial charge in [0.25, 0.3) is 0 Å². The SMILES string of the molecule is C.Cc1ncc(C(C)O)cn1. The van der Waals surface area contributed by atoms with Gasteiger partial charge in [0.15, 0.2) is 0 Å². The van der Waals surface area contributed by atoms with Crippen molar-refractivity contribution >= 4 is 0 Å². The van der Waals surface area contributed by atoms with E-state index in [1.165, 1.54) is 0 Å². The fourth-order valence-electron chi connectivity index (χ4n) is 0.618. The lowest BCUT2D eigenvalue weighted by atomic mass is 10.2. The van der Waals surface area contributed by atoms with E-state index < -0.39 is 6.10 Å². The highest BCUT2D eigenvalue weighted by atomic mass is 16.3. The zero-order valence-corrected chi connectivity index (χ0v) is 6.07. The first-order chi connectivity index (χ1) is 4.70. The molecule has 0 spiro atoms. The van der Waals surface area contributed by atoms with Gasteiger partial charge in [-0.25, -0.2) is 9.97 Å². The van der Waals surface area contributed by atoms with Gasteiger partial charge in [0.2, 0.25) is 0 Å². The summed E-state index contributed by atoms with van der Waals surface area (Å²) in [5.41, 5.74) is 0.755. The van der Waals surface area contributed by atoms with E-state index in [1.54, 1.807) is 19.3 Å². The molecule has 62 valence electrons. The van der Waals surface area contributed by atoms with Gasteiger partial charge in [-0.3, -0.25) is 0 Å². The molecule has 3 heteroatoms. The van der Waals surface area contributed by atoms with Gasteiger partial charge in [-0.15, -0.1) is 0 Å². The molecule has 0 radical (unpaired) electrons. The van der Waals surface area contributed by atoms with Crippen molar-refractivity contribution in [2.24, 2.45) is 0 Å². The second kappa shape index (κ2) is 4.03. The molecule has 1 heterocycles. The molecule has 0 aliphatic heterocycles. The van der Waals surface area contributed by atoms with E-state index in [0.717, 1.165) is 11.4 Å². The molecule has 0 aliphatic carbocycles. The van der Waals surface area contributed by atoms with Crippen molar-refractivity contribution in [1.29, 1.82) is 0 Å². The lowest BCUT2D eigenvalue weighted by Gasteiger charge is -2.01. The molecule has 0 fully saturated rings. The third-order valence-electron chi connectivity index (χ3n) is 1.28. The molecule has 1 rings (SSSR count).